The van der Waals surface area contributed by atoms with Crippen LogP contribution in [0.15, 0.2) is 48.7 Å². The maximum absolute atomic E-state index is 12.1. The number of urea groups is 1. The molecule has 0 atom stereocenters. The van der Waals surface area contributed by atoms with E-state index in [-0.39, 0.29) is 0 Å². The number of unbranched alkanes of at least 4 members (excludes halogenated alkanes) is 1. The van der Waals surface area contributed by atoms with Gasteiger partial charge in [0.1, 0.15) is 5.75 Å². The van der Waals surface area contributed by atoms with Crippen molar-refractivity contribution in [1.29, 1.82) is 0 Å². The van der Waals surface area contributed by atoms with E-state index in [1.54, 1.807) is 4.90 Å². The summed E-state index contributed by atoms with van der Waals surface area (Å²) in [7, 11) is 0. The highest BCUT2D eigenvalue weighted by molar-refractivity contribution is 6.02. The van der Waals surface area contributed by atoms with Crippen molar-refractivity contribution in [2.75, 3.05) is 55.7 Å². The number of nitrogens with one attached hydrogen (secondary N) is 1. The van der Waals surface area contributed by atoms with Gasteiger partial charge >= 0.3 is 6.03 Å². The highest BCUT2D eigenvalue weighted by Gasteiger charge is 2.20. The zero-order valence-corrected chi connectivity index (χ0v) is 18.4. The van der Waals surface area contributed by atoms with Gasteiger partial charge in [-0.2, -0.15) is 0 Å². The number of para-hydroxylation sites is 1. The number of nitrogens with zero attached hydrogens (tertiary/aromatic N) is 3. The van der Waals surface area contributed by atoms with Gasteiger partial charge in [-0.15, -0.1) is 0 Å². The maximum Gasteiger partial charge on any atom is 0.319 e. The molecule has 0 unspecified atom stereocenters. The summed E-state index contributed by atoms with van der Waals surface area (Å²) in [6.45, 7) is 6.71. The van der Waals surface area contributed by atoms with E-state index >= 15 is 0 Å². The number of benzene rings is 2. The van der Waals surface area contributed by atoms with Crippen molar-refractivity contribution in [3.05, 3.63) is 54.2 Å². The van der Waals surface area contributed by atoms with Crippen molar-refractivity contribution in [2.24, 2.45) is 5.73 Å². The standard InChI is InChI=1S/C25H31N5O2/c26-25(31)30(23-18-27-22-6-2-1-5-21(22)23)11-4-3-10-28-12-14-29(15-13-28)20-7-8-24-19(17-20)9-16-32-24/h1-2,5-8,17-18,27H,3-4,9-16H2,(H2,26,31). The van der Waals surface area contributed by atoms with E-state index < -0.39 is 6.03 Å². The fraction of sp³-hybridized carbons (Fsp3) is 0.400. The predicted molar refractivity (Wildman–Crippen MR) is 129 cm³/mol. The van der Waals surface area contributed by atoms with Gasteiger partial charge in [0, 0.05) is 61.9 Å². The molecule has 3 N–H and O–H groups in total. The molecule has 7 heteroatoms. The van der Waals surface area contributed by atoms with Crippen LogP contribution in [0.25, 0.3) is 10.9 Å². The molecule has 1 saturated heterocycles. The topological polar surface area (TPSA) is 77.8 Å². The van der Waals surface area contributed by atoms with Gasteiger partial charge < -0.3 is 20.4 Å². The van der Waals surface area contributed by atoms with E-state index in [1.807, 2.05) is 30.5 Å². The fourth-order valence-corrected chi connectivity index (χ4v) is 4.83. The average molecular weight is 434 g/mol. The summed E-state index contributed by atoms with van der Waals surface area (Å²) in [5, 5.41) is 1.03. The van der Waals surface area contributed by atoms with Crippen LogP contribution in [0.2, 0.25) is 0 Å². The maximum atomic E-state index is 12.1. The molecule has 0 bridgehead atoms. The van der Waals surface area contributed by atoms with Crippen molar-refractivity contribution in [3.8, 4) is 5.75 Å². The number of carbonyl (C=O) groups excluding carboxylic acids is 1. The minimum atomic E-state index is -0.400. The number of hydrogen-bond donors (Lipinski definition) is 2. The summed E-state index contributed by atoms with van der Waals surface area (Å²) in [4.78, 5) is 22.0. The minimum absolute atomic E-state index is 0.400. The molecular weight excluding hydrogens is 402 g/mol. The molecule has 1 fully saturated rings. The number of hydrogen-bond acceptors (Lipinski definition) is 4. The molecule has 2 aliphatic rings. The molecule has 5 rings (SSSR count). The van der Waals surface area contributed by atoms with Crippen LogP contribution >= 0.6 is 0 Å². The van der Waals surface area contributed by atoms with E-state index in [2.05, 4.69) is 33.0 Å². The molecule has 3 aromatic rings. The number of primary amides is 1. The number of aromatic amines is 1. The molecule has 0 aliphatic carbocycles. The van der Waals surface area contributed by atoms with Gasteiger partial charge in [-0.05, 0) is 49.2 Å². The van der Waals surface area contributed by atoms with E-state index in [1.165, 1.54) is 11.3 Å². The Balaban J connectivity index is 1.09. The van der Waals surface area contributed by atoms with E-state index in [0.717, 1.165) is 80.9 Å². The molecule has 168 valence electrons. The molecule has 0 spiro atoms. The summed E-state index contributed by atoms with van der Waals surface area (Å²) in [6.07, 6.45) is 4.86. The number of amides is 2. The number of ether oxygens (including phenoxy) is 1. The second-order valence-electron chi connectivity index (χ2n) is 8.64. The zero-order chi connectivity index (χ0) is 21.9. The normalized spacial score (nSPS) is 16.2. The highest BCUT2D eigenvalue weighted by Crippen LogP contribution is 2.30. The van der Waals surface area contributed by atoms with Gasteiger partial charge in [-0.1, -0.05) is 18.2 Å². The smallest absolute Gasteiger partial charge is 0.319 e. The molecule has 3 heterocycles. The van der Waals surface area contributed by atoms with Gasteiger partial charge in [0.2, 0.25) is 0 Å². The van der Waals surface area contributed by atoms with Crippen molar-refractivity contribution >= 4 is 28.3 Å². The van der Waals surface area contributed by atoms with Gasteiger partial charge in [0.15, 0.2) is 0 Å². The number of piperazine rings is 1. The molecule has 2 amide bonds. The quantitative estimate of drug-likeness (QED) is 0.558. The molecule has 2 aliphatic heterocycles. The molecular formula is C25H31N5O2. The number of nitrogens with two attached hydrogens (primary N) is 1. The summed E-state index contributed by atoms with van der Waals surface area (Å²) in [5.41, 5.74) is 10.2. The molecule has 32 heavy (non-hydrogen) atoms. The number of fused-ring (bicyclic) bond motifs is 2. The monoisotopic (exact) mass is 433 g/mol. The summed E-state index contributed by atoms with van der Waals surface area (Å²) in [6, 6.07) is 14.2. The van der Waals surface area contributed by atoms with E-state index in [0.29, 0.717) is 6.54 Å². The van der Waals surface area contributed by atoms with Crippen molar-refractivity contribution < 1.29 is 9.53 Å². The fourth-order valence-electron chi connectivity index (χ4n) is 4.83. The first-order valence-corrected chi connectivity index (χ1v) is 11.6. The zero-order valence-electron chi connectivity index (χ0n) is 18.4. The number of rotatable bonds is 7. The highest BCUT2D eigenvalue weighted by atomic mass is 16.5. The van der Waals surface area contributed by atoms with Crippen LogP contribution in [0, 0.1) is 0 Å². The lowest BCUT2D eigenvalue weighted by molar-refractivity contribution is 0.249. The average Bonchev–Trinajstić information content (AvgIpc) is 3.46. The SMILES string of the molecule is NC(=O)N(CCCCN1CCN(c2ccc3c(c2)CCO3)CC1)c1c[nH]c2ccccc12. The Hall–Kier alpha value is -3.19. The Bertz CT molecular complexity index is 1090. The molecule has 0 radical (unpaired) electrons. The van der Waals surface area contributed by atoms with E-state index in [4.69, 9.17) is 10.5 Å². The molecule has 0 saturated carbocycles. The van der Waals surface area contributed by atoms with Crippen molar-refractivity contribution in [1.82, 2.24) is 9.88 Å². The Morgan fingerprint density at radius 1 is 1.09 bits per heavy atom. The molecule has 1 aromatic heterocycles. The van der Waals surface area contributed by atoms with Gasteiger partial charge in [-0.3, -0.25) is 9.80 Å². The number of carbonyl (C=O) groups is 1. The van der Waals surface area contributed by atoms with Crippen LogP contribution in [0.4, 0.5) is 16.2 Å². The second kappa shape index (κ2) is 9.12. The Morgan fingerprint density at radius 3 is 2.78 bits per heavy atom. The van der Waals surface area contributed by atoms with E-state index in [9.17, 15) is 4.79 Å². The third-order valence-corrected chi connectivity index (χ3v) is 6.64. The first-order valence-electron chi connectivity index (χ1n) is 11.6. The largest absolute Gasteiger partial charge is 0.493 e. The van der Waals surface area contributed by atoms with Crippen LogP contribution in [0.5, 0.6) is 5.75 Å². The number of anilines is 2. The van der Waals surface area contributed by atoms with Crippen molar-refractivity contribution in [2.45, 2.75) is 19.3 Å². The lowest BCUT2D eigenvalue weighted by atomic mass is 10.1. The lowest BCUT2D eigenvalue weighted by Gasteiger charge is -2.36. The van der Waals surface area contributed by atoms with Crippen LogP contribution in [-0.4, -0.2) is 61.8 Å². The first kappa shape index (κ1) is 20.7. The lowest BCUT2D eigenvalue weighted by Crippen LogP contribution is -2.46. The van der Waals surface area contributed by atoms with Crippen LogP contribution in [0.1, 0.15) is 18.4 Å². The predicted octanol–water partition coefficient (Wildman–Crippen LogP) is 3.59. The van der Waals surface area contributed by atoms with Gasteiger partial charge in [0.05, 0.1) is 12.3 Å². The van der Waals surface area contributed by atoms with Crippen LogP contribution in [0.3, 0.4) is 0 Å². The number of aromatic nitrogens is 1. The van der Waals surface area contributed by atoms with Crippen LogP contribution < -0.4 is 20.3 Å². The minimum Gasteiger partial charge on any atom is -0.493 e. The summed E-state index contributed by atoms with van der Waals surface area (Å²) >= 11 is 0. The number of H-pyrrole nitrogens is 1. The molecule has 7 nitrogen and oxygen atoms in total. The summed E-state index contributed by atoms with van der Waals surface area (Å²) < 4.78 is 5.63. The third-order valence-electron chi connectivity index (χ3n) is 6.64. The van der Waals surface area contributed by atoms with Gasteiger partial charge in [-0.25, -0.2) is 4.79 Å². The first-order chi connectivity index (χ1) is 15.7. The Kier molecular flexibility index (Phi) is 5.90. The Labute approximate surface area is 188 Å². The second-order valence-corrected chi connectivity index (χ2v) is 8.64. The third kappa shape index (κ3) is 4.25. The summed E-state index contributed by atoms with van der Waals surface area (Å²) in [5.74, 6) is 1.05. The van der Waals surface area contributed by atoms with Gasteiger partial charge in [0.25, 0.3) is 0 Å². The van der Waals surface area contributed by atoms with Crippen LogP contribution in [-0.2, 0) is 6.42 Å². The Morgan fingerprint density at radius 2 is 1.94 bits per heavy atom. The van der Waals surface area contributed by atoms with Crippen molar-refractivity contribution in [3.63, 3.8) is 0 Å². The molecule has 2 aromatic carbocycles.